The minimum absolute atomic E-state index is 0.668. The van der Waals surface area contributed by atoms with Crippen molar-refractivity contribution in [1.29, 1.82) is 0 Å². The van der Waals surface area contributed by atoms with Crippen molar-refractivity contribution in [2.24, 2.45) is 5.41 Å². The van der Waals surface area contributed by atoms with Gasteiger partial charge in [-0.25, -0.2) is 0 Å². The van der Waals surface area contributed by atoms with Gasteiger partial charge in [-0.3, -0.25) is 0 Å². The van der Waals surface area contributed by atoms with Crippen LogP contribution < -0.4 is 0 Å². The fraction of sp³-hybridized carbons (Fsp3) is 1.00. The largest absolute Gasteiger partial charge is 0.147 e. The fourth-order valence-electron chi connectivity index (χ4n) is 1.52. The van der Waals surface area contributed by atoms with Crippen LogP contribution in [-0.4, -0.2) is 16.1 Å². The summed E-state index contributed by atoms with van der Waals surface area (Å²) in [6, 6.07) is 0. The fourth-order valence-corrected chi connectivity index (χ4v) is 5.02. The van der Waals surface area contributed by atoms with Crippen molar-refractivity contribution in [2.45, 2.75) is 44.6 Å². The molecular weight excluding hydrogens is 184 g/mol. The lowest BCUT2D eigenvalue weighted by Crippen LogP contribution is -2.30. The Hall–Kier alpha value is 0.700. The zero-order valence-electron chi connectivity index (χ0n) is 8.43. The average Bonchev–Trinajstić information content (AvgIpc) is 2.18. The summed E-state index contributed by atoms with van der Waals surface area (Å²) in [6.07, 6.45) is 4.05. The molecule has 0 spiro atoms. The standard InChI is InChI=1S/C10H20S2/c1-4-9-11-7-10(5-2,6-3)8-12-9/h9H,4-8H2,1-3H3. The smallest absolute Gasteiger partial charge is 0.0500 e. The van der Waals surface area contributed by atoms with Crippen LogP contribution in [0.2, 0.25) is 0 Å². The number of hydrogen-bond acceptors (Lipinski definition) is 2. The maximum absolute atomic E-state index is 2.34. The molecule has 0 unspecified atom stereocenters. The predicted octanol–water partition coefficient (Wildman–Crippen LogP) is 4.01. The number of rotatable bonds is 3. The quantitative estimate of drug-likeness (QED) is 0.681. The van der Waals surface area contributed by atoms with Crippen LogP contribution in [0.25, 0.3) is 0 Å². The third-order valence-corrected chi connectivity index (χ3v) is 6.77. The van der Waals surface area contributed by atoms with Crippen molar-refractivity contribution in [3.05, 3.63) is 0 Å². The molecule has 0 aromatic rings. The summed E-state index contributed by atoms with van der Waals surface area (Å²) in [5, 5.41) is 0. The molecule has 1 aliphatic heterocycles. The van der Waals surface area contributed by atoms with Gasteiger partial charge in [0.15, 0.2) is 0 Å². The van der Waals surface area contributed by atoms with Crippen LogP contribution in [0.15, 0.2) is 0 Å². The van der Waals surface area contributed by atoms with Crippen LogP contribution in [0, 0.1) is 5.41 Å². The molecule has 0 aromatic carbocycles. The van der Waals surface area contributed by atoms with Gasteiger partial charge in [0, 0.05) is 16.1 Å². The van der Waals surface area contributed by atoms with E-state index in [2.05, 4.69) is 44.3 Å². The molecule has 1 heterocycles. The summed E-state index contributed by atoms with van der Waals surface area (Å²) in [6.45, 7) is 6.99. The second kappa shape index (κ2) is 4.80. The maximum Gasteiger partial charge on any atom is 0.0500 e. The Morgan fingerprint density at radius 2 is 1.58 bits per heavy atom. The highest BCUT2D eigenvalue weighted by Crippen LogP contribution is 2.45. The van der Waals surface area contributed by atoms with Gasteiger partial charge < -0.3 is 0 Å². The lowest BCUT2D eigenvalue weighted by molar-refractivity contribution is 0.354. The Balaban J connectivity index is 2.42. The highest BCUT2D eigenvalue weighted by atomic mass is 32.2. The van der Waals surface area contributed by atoms with Crippen molar-refractivity contribution in [2.75, 3.05) is 11.5 Å². The van der Waals surface area contributed by atoms with Gasteiger partial charge in [-0.2, -0.15) is 0 Å². The van der Waals surface area contributed by atoms with Gasteiger partial charge in [-0.15, -0.1) is 23.5 Å². The van der Waals surface area contributed by atoms with Crippen LogP contribution in [0.3, 0.4) is 0 Å². The van der Waals surface area contributed by atoms with E-state index in [0.29, 0.717) is 5.41 Å². The lowest BCUT2D eigenvalue weighted by Gasteiger charge is -2.37. The SMILES string of the molecule is CCC1SCC(CC)(CC)CS1. The molecule has 0 aromatic heterocycles. The zero-order valence-corrected chi connectivity index (χ0v) is 10.1. The van der Waals surface area contributed by atoms with E-state index >= 15 is 0 Å². The van der Waals surface area contributed by atoms with Gasteiger partial charge in [-0.05, 0) is 24.7 Å². The predicted molar refractivity (Wildman–Crippen MR) is 62.0 cm³/mol. The molecule has 0 N–H and O–H groups in total. The Morgan fingerprint density at radius 1 is 1.08 bits per heavy atom. The van der Waals surface area contributed by atoms with Crippen molar-refractivity contribution in [3.8, 4) is 0 Å². The molecule has 12 heavy (non-hydrogen) atoms. The monoisotopic (exact) mass is 204 g/mol. The number of hydrogen-bond donors (Lipinski definition) is 0. The van der Waals surface area contributed by atoms with Crippen LogP contribution >= 0.6 is 23.5 Å². The zero-order chi connectivity index (χ0) is 9.03. The maximum atomic E-state index is 2.34. The molecule has 0 saturated carbocycles. The summed E-state index contributed by atoms with van der Waals surface area (Å²) >= 11 is 4.36. The summed E-state index contributed by atoms with van der Waals surface area (Å²) in [5.74, 6) is 2.79. The molecule has 0 amide bonds. The average molecular weight is 204 g/mol. The lowest BCUT2D eigenvalue weighted by atomic mass is 9.87. The van der Waals surface area contributed by atoms with E-state index in [1.165, 1.54) is 30.8 Å². The van der Waals surface area contributed by atoms with Gasteiger partial charge in [-0.1, -0.05) is 20.8 Å². The molecule has 0 atom stereocenters. The van der Waals surface area contributed by atoms with Crippen LogP contribution in [0.1, 0.15) is 40.0 Å². The summed E-state index contributed by atoms with van der Waals surface area (Å²) in [7, 11) is 0. The second-order valence-electron chi connectivity index (χ2n) is 3.67. The minimum Gasteiger partial charge on any atom is -0.147 e. The van der Waals surface area contributed by atoms with E-state index in [1.54, 1.807) is 0 Å². The molecule has 0 radical (unpaired) electrons. The summed E-state index contributed by atoms with van der Waals surface area (Å²) < 4.78 is 0.885. The highest BCUT2D eigenvalue weighted by Gasteiger charge is 2.32. The summed E-state index contributed by atoms with van der Waals surface area (Å²) in [5.41, 5.74) is 0.668. The van der Waals surface area contributed by atoms with Crippen LogP contribution in [-0.2, 0) is 0 Å². The molecule has 1 saturated heterocycles. The van der Waals surface area contributed by atoms with Gasteiger partial charge >= 0.3 is 0 Å². The van der Waals surface area contributed by atoms with E-state index < -0.39 is 0 Å². The van der Waals surface area contributed by atoms with Crippen molar-refractivity contribution in [3.63, 3.8) is 0 Å². The molecule has 1 fully saturated rings. The molecule has 0 nitrogen and oxygen atoms in total. The van der Waals surface area contributed by atoms with Crippen LogP contribution in [0.5, 0.6) is 0 Å². The van der Waals surface area contributed by atoms with E-state index in [-0.39, 0.29) is 0 Å². The van der Waals surface area contributed by atoms with E-state index in [0.717, 1.165) is 4.58 Å². The molecular formula is C10H20S2. The molecule has 1 rings (SSSR count). The van der Waals surface area contributed by atoms with Crippen molar-refractivity contribution in [1.82, 2.24) is 0 Å². The van der Waals surface area contributed by atoms with Crippen LogP contribution in [0.4, 0.5) is 0 Å². The first-order valence-electron chi connectivity index (χ1n) is 4.99. The van der Waals surface area contributed by atoms with Crippen molar-refractivity contribution >= 4 is 23.5 Å². The third kappa shape index (κ3) is 2.35. The van der Waals surface area contributed by atoms with E-state index in [1.807, 2.05) is 0 Å². The normalized spacial score (nSPS) is 24.2. The van der Waals surface area contributed by atoms with Gasteiger partial charge in [0.2, 0.25) is 0 Å². The first-order chi connectivity index (χ1) is 5.76. The van der Waals surface area contributed by atoms with E-state index in [4.69, 9.17) is 0 Å². The minimum atomic E-state index is 0.668. The van der Waals surface area contributed by atoms with E-state index in [9.17, 15) is 0 Å². The number of thioether (sulfide) groups is 2. The topological polar surface area (TPSA) is 0 Å². The Morgan fingerprint density at radius 3 is 1.92 bits per heavy atom. The highest BCUT2D eigenvalue weighted by molar-refractivity contribution is 8.17. The third-order valence-electron chi connectivity index (χ3n) is 2.98. The Labute approximate surface area is 85.3 Å². The first kappa shape index (κ1) is 10.8. The molecule has 72 valence electrons. The Bertz CT molecular complexity index is 120. The van der Waals surface area contributed by atoms with Gasteiger partial charge in [0.1, 0.15) is 0 Å². The van der Waals surface area contributed by atoms with Crippen molar-refractivity contribution < 1.29 is 0 Å². The first-order valence-corrected chi connectivity index (χ1v) is 7.09. The van der Waals surface area contributed by atoms with Gasteiger partial charge in [0.25, 0.3) is 0 Å². The second-order valence-corrected chi connectivity index (χ2v) is 6.35. The van der Waals surface area contributed by atoms with Gasteiger partial charge in [0.05, 0.1) is 0 Å². The Kier molecular flexibility index (Phi) is 4.31. The summed E-state index contributed by atoms with van der Waals surface area (Å²) in [4.78, 5) is 0. The molecule has 1 aliphatic rings. The molecule has 2 heteroatoms. The molecule has 0 aliphatic carbocycles. The molecule has 0 bridgehead atoms.